The van der Waals surface area contributed by atoms with Crippen LogP contribution in [0.15, 0.2) is 72.0 Å². The Morgan fingerprint density at radius 3 is 2.68 bits per heavy atom. The van der Waals surface area contributed by atoms with Crippen LogP contribution in [0, 0.1) is 5.82 Å². The average Bonchev–Trinajstić information content (AvgIpc) is 3.26. The van der Waals surface area contributed by atoms with Gasteiger partial charge in [0.1, 0.15) is 30.3 Å². The molecule has 4 aromatic rings. The highest BCUT2D eigenvalue weighted by molar-refractivity contribution is 7.92. The van der Waals surface area contributed by atoms with Gasteiger partial charge in [-0.05, 0) is 30.3 Å². The lowest BCUT2D eigenvalue weighted by Gasteiger charge is -2.27. The van der Waals surface area contributed by atoms with Crippen molar-refractivity contribution >= 4 is 21.4 Å². The molecule has 0 amide bonds. The van der Waals surface area contributed by atoms with Gasteiger partial charge in [-0.15, -0.1) is 10.2 Å². The second-order valence-corrected chi connectivity index (χ2v) is 8.75. The van der Waals surface area contributed by atoms with Crippen molar-refractivity contribution in [1.29, 1.82) is 0 Å². The maximum absolute atomic E-state index is 14.4. The van der Waals surface area contributed by atoms with Gasteiger partial charge in [0.2, 0.25) is 0 Å². The molecule has 1 aliphatic rings. The minimum Gasteiger partial charge on any atom is -0.486 e. The molecule has 0 atom stereocenters. The molecule has 0 spiro atoms. The van der Waals surface area contributed by atoms with Crippen molar-refractivity contribution in [3.05, 3.63) is 78.5 Å². The predicted octanol–water partition coefficient (Wildman–Crippen LogP) is 3.04. The van der Waals surface area contributed by atoms with Crippen LogP contribution in [0.25, 0.3) is 5.65 Å². The lowest BCUT2D eigenvalue weighted by molar-refractivity contribution is 0.171. The first-order valence-corrected chi connectivity index (χ1v) is 10.9. The number of nitrogens with zero attached hydrogens (tertiary/aromatic N) is 4. The molecule has 0 radical (unpaired) electrons. The first-order valence-electron chi connectivity index (χ1n) is 9.47. The van der Waals surface area contributed by atoms with Crippen LogP contribution in [-0.2, 0) is 16.6 Å². The van der Waals surface area contributed by atoms with Crippen LogP contribution in [-0.4, -0.2) is 36.2 Å². The zero-order valence-electron chi connectivity index (χ0n) is 16.2. The van der Waals surface area contributed by atoms with Crippen LogP contribution in [0.3, 0.4) is 0 Å². The first-order chi connectivity index (χ1) is 15.0. The Bertz CT molecular complexity index is 1370. The highest BCUT2D eigenvalue weighted by Gasteiger charge is 2.28. The number of pyridine rings is 1. The van der Waals surface area contributed by atoms with Crippen LogP contribution in [0.5, 0.6) is 11.5 Å². The van der Waals surface area contributed by atoms with E-state index in [9.17, 15) is 12.8 Å². The Morgan fingerprint density at radius 2 is 1.84 bits per heavy atom. The molecule has 3 heterocycles. The molecule has 0 saturated carbocycles. The van der Waals surface area contributed by atoms with Gasteiger partial charge in [-0.3, -0.25) is 8.71 Å². The number of fused-ring (bicyclic) bond motifs is 2. The number of hydrogen-bond donors (Lipinski definition) is 0. The Hall–Kier alpha value is -3.66. The topological polar surface area (TPSA) is 86.0 Å². The summed E-state index contributed by atoms with van der Waals surface area (Å²) in [5.41, 5.74) is 1.08. The number of anilines is 1. The number of benzene rings is 2. The second-order valence-electron chi connectivity index (χ2n) is 6.89. The maximum atomic E-state index is 14.4. The molecular weight excluding hydrogens is 423 g/mol. The molecule has 31 heavy (non-hydrogen) atoms. The smallest absolute Gasteiger partial charge is 0.266 e. The van der Waals surface area contributed by atoms with Crippen LogP contribution in [0.1, 0.15) is 5.56 Å². The van der Waals surface area contributed by atoms with E-state index < -0.39 is 15.8 Å². The minimum absolute atomic E-state index is 0.0195. The van der Waals surface area contributed by atoms with Crippen LogP contribution in [0.2, 0.25) is 0 Å². The molecule has 0 aliphatic carbocycles. The summed E-state index contributed by atoms with van der Waals surface area (Å²) in [6, 6.07) is 13.9. The zero-order chi connectivity index (χ0) is 21.4. The number of ether oxygens (including phenoxy) is 2. The summed E-state index contributed by atoms with van der Waals surface area (Å²) in [5, 5.41) is 7.68. The fourth-order valence-electron chi connectivity index (χ4n) is 3.37. The summed E-state index contributed by atoms with van der Waals surface area (Å²) >= 11 is 0. The van der Waals surface area contributed by atoms with Crippen molar-refractivity contribution in [3.8, 4) is 11.5 Å². The molecule has 0 N–H and O–H groups in total. The van der Waals surface area contributed by atoms with Gasteiger partial charge in [0.05, 0.1) is 12.2 Å². The average molecular weight is 440 g/mol. The van der Waals surface area contributed by atoms with E-state index in [1.54, 1.807) is 42.5 Å². The van der Waals surface area contributed by atoms with E-state index >= 15 is 0 Å². The largest absolute Gasteiger partial charge is 0.486 e. The highest BCUT2D eigenvalue weighted by Crippen LogP contribution is 2.36. The molecule has 0 fully saturated rings. The maximum Gasteiger partial charge on any atom is 0.266 e. The van der Waals surface area contributed by atoms with Gasteiger partial charge in [0, 0.05) is 17.8 Å². The van der Waals surface area contributed by atoms with Crippen molar-refractivity contribution in [1.82, 2.24) is 14.6 Å². The first kappa shape index (κ1) is 19.3. The molecule has 1 aliphatic heterocycles. The summed E-state index contributed by atoms with van der Waals surface area (Å²) < 4.78 is 55.5. The lowest BCUT2D eigenvalue weighted by atomic mass is 10.2. The van der Waals surface area contributed by atoms with Gasteiger partial charge in [0.25, 0.3) is 10.0 Å². The van der Waals surface area contributed by atoms with Crippen molar-refractivity contribution in [2.45, 2.75) is 11.4 Å². The molecule has 8 nitrogen and oxygen atoms in total. The van der Waals surface area contributed by atoms with Gasteiger partial charge < -0.3 is 9.47 Å². The van der Waals surface area contributed by atoms with Gasteiger partial charge >= 0.3 is 0 Å². The van der Waals surface area contributed by atoms with E-state index in [1.807, 2.05) is 0 Å². The third-order valence-corrected chi connectivity index (χ3v) is 6.69. The third kappa shape index (κ3) is 3.55. The zero-order valence-corrected chi connectivity index (χ0v) is 17.0. The van der Waals surface area contributed by atoms with E-state index in [2.05, 4.69) is 10.2 Å². The van der Waals surface area contributed by atoms with Crippen LogP contribution in [0.4, 0.5) is 10.1 Å². The normalized spacial score (nSPS) is 13.3. The molecule has 158 valence electrons. The standard InChI is InChI=1S/C21H17FN4O4S/c22-18-4-2-1-3-15(18)12-26(16-5-7-19-20(11-16)30-10-9-29-19)31(27,28)17-6-8-21-24-23-14-25(21)13-17/h1-8,11,13-14H,9-10,12H2. The SMILES string of the molecule is O=S(=O)(c1ccc2nncn2c1)N(Cc1ccccc1F)c1ccc2c(c1)OCCO2. The molecule has 2 aromatic heterocycles. The van der Waals surface area contributed by atoms with Crippen LogP contribution >= 0.6 is 0 Å². The van der Waals surface area contributed by atoms with E-state index in [-0.39, 0.29) is 17.0 Å². The van der Waals surface area contributed by atoms with E-state index in [0.717, 1.165) is 4.31 Å². The molecule has 5 rings (SSSR count). The van der Waals surface area contributed by atoms with Crippen LogP contribution < -0.4 is 13.8 Å². The van der Waals surface area contributed by atoms with Gasteiger partial charge in [-0.2, -0.15) is 0 Å². The Balaban J connectivity index is 1.63. The highest BCUT2D eigenvalue weighted by atomic mass is 32.2. The number of halogens is 1. The minimum atomic E-state index is -4.07. The fraction of sp³-hybridized carbons (Fsp3) is 0.143. The number of aromatic nitrogens is 3. The molecule has 0 unspecified atom stereocenters. The van der Waals surface area contributed by atoms with E-state index in [1.165, 1.54) is 29.1 Å². The van der Waals surface area contributed by atoms with Crippen molar-refractivity contribution in [2.24, 2.45) is 0 Å². The fourth-order valence-corrected chi connectivity index (χ4v) is 4.81. The summed E-state index contributed by atoms with van der Waals surface area (Å²) in [5.74, 6) is 0.477. The van der Waals surface area contributed by atoms with E-state index in [4.69, 9.17) is 9.47 Å². The number of rotatable bonds is 5. The summed E-state index contributed by atoms with van der Waals surface area (Å²) in [7, 11) is -4.07. The summed E-state index contributed by atoms with van der Waals surface area (Å²) in [6.45, 7) is 0.582. The van der Waals surface area contributed by atoms with Gasteiger partial charge in [-0.25, -0.2) is 12.8 Å². The molecule has 0 saturated heterocycles. The third-order valence-electron chi connectivity index (χ3n) is 4.94. The Morgan fingerprint density at radius 1 is 1.03 bits per heavy atom. The van der Waals surface area contributed by atoms with Crippen molar-refractivity contribution in [3.63, 3.8) is 0 Å². The molecule has 10 heteroatoms. The van der Waals surface area contributed by atoms with E-state index in [0.29, 0.717) is 36.0 Å². The predicted molar refractivity (Wildman–Crippen MR) is 110 cm³/mol. The molecular formula is C21H17FN4O4S. The quantitative estimate of drug-likeness (QED) is 0.474. The Kier molecular flexibility index (Phi) is 4.70. The lowest BCUT2D eigenvalue weighted by Crippen LogP contribution is -2.31. The second kappa shape index (κ2) is 7.55. The van der Waals surface area contributed by atoms with Gasteiger partial charge in [0.15, 0.2) is 17.1 Å². The number of hydrogen-bond acceptors (Lipinski definition) is 6. The monoisotopic (exact) mass is 440 g/mol. The molecule has 2 aromatic carbocycles. The van der Waals surface area contributed by atoms with Crippen molar-refractivity contribution < 1.29 is 22.3 Å². The summed E-state index contributed by atoms with van der Waals surface area (Å²) in [6.07, 6.45) is 2.84. The summed E-state index contributed by atoms with van der Waals surface area (Å²) in [4.78, 5) is 0.0195. The molecule has 0 bridgehead atoms. The van der Waals surface area contributed by atoms with Gasteiger partial charge in [-0.1, -0.05) is 18.2 Å². The number of sulfonamides is 1. The Labute approximate surface area is 177 Å². The van der Waals surface area contributed by atoms with Crippen molar-refractivity contribution in [2.75, 3.05) is 17.5 Å².